The lowest BCUT2D eigenvalue weighted by atomic mass is 10.1. The first-order chi connectivity index (χ1) is 9.58. The molecule has 1 fully saturated rings. The highest BCUT2D eigenvalue weighted by molar-refractivity contribution is 9.10. The van der Waals surface area contributed by atoms with Crippen LogP contribution in [0.2, 0.25) is 5.02 Å². The Kier molecular flexibility index (Phi) is 5.87. The van der Waals surface area contributed by atoms with Crippen LogP contribution in [0.1, 0.15) is 37.8 Å². The number of nitrogens with one attached hydrogen (secondary N) is 1. The molecule has 0 radical (unpaired) electrons. The fraction of sp³-hybridized carbons (Fsp3) is 0.533. The van der Waals surface area contributed by atoms with Gasteiger partial charge in [-0.05, 0) is 37.5 Å². The quantitative estimate of drug-likeness (QED) is 0.868. The van der Waals surface area contributed by atoms with E-state index in [0.717, 1.165) is 41.0 Å². The Morgan fingerprint density at radius 3 is 2.80 bits per heavy atom. The van der Waals surface area contributed by atoms with Crippen LogP contribution in [0.4, 0.5) is 0 Å². The van der Waals surface area contributed by atoms with Crippen molar-refractivity contribution in [1.29, 1.82) is 0 Å². The van der Waals surface area contributed by atoms with Crippen molar-refractivity contribution in [3.63, 3.8) is 0 Å². The molecule has 1 heterocycles. The molecule has 1 aliphatic rings. The second-order valence-corrected chi connectivity index (χ2v) is 6.50. The van der Waals surface area contributed by atoms with Crippen molar-refractivity contribution < 1.29 is 4.79 Å². The molecule has 1 unspecified atom stereocenters. The van der Waals surface area contributed by atoms with Gasteiger partial charge >= 0.3 is 0 Å². The molecule has 110 valence electrons. The fourth-order valence-corrected chi connectivity index (χ4v) is 3.32. The summed E-state index contributed by atoms with van der Waals surface area (Å²) < 4.78 is 0.975. The van der Waals surface area contributed by atoms with Crippen molar-refractivity contribution in [2.24, 2.45) is 0 Å². The van der Waals surface area contributed by atoms with Gasteiger partial charge in [-0.2, -0.15) is 0 Å². The molecule has 0 aromatic heterocycles. The molecule has 1 aromatic rings. The average molecular weight is 360 g/mol. The normalized spacial score (nSPS) is 16.4. The highest BCUT2D eigenvalue weighted by Crippen LogP contribution is 2.26. The zero-order chi connectivity index (χ0) is 14.5. The van der Waals surface area contributed by atoms with Crippen LogP contribution in [0.15, 0.2) is 22.7 Å². The van der Waals surface area contributed by atoms with Gasteiger partial charge in [0.25, 0.3) is 0 Å². The minimum absolute atomic E-state index is 0.141. The predicted molar refractivity (Wildman–Crippen MR) is 86.0 cm³/mol. The Morgan fingerprint density at radius 2 is 2.15 bits per heavy atom. The van der Waals surface area contributed by atoms with E-state index in [1.165, 1.54) is 0 Å². The molecule has 3 nitrogen and oxygen atoms in total. The van der Waals surface area contributed by atoms with Crippen molar-refractivity contribution in [3.05, 3.63) is 33.3 Å². The summed E-state index contributed by atoms with van der Waals surface area (Å²) in [7, 11) is 0. The van der Waals surface area contributed by atoms with Crippen molar-refractivity contribution >= 4 is 33.4 Å². The van der Waals surface area contributed by atoms with E-state index in [-0.39, 0.29) is 11.9 Å². The SMILES string of the molecule is CC(NCCC(=O)N1CCCC1)c1ccc(Br)cc1Cl. The van der Waals surface area contributed by atoms with Gasteiger partial charge in [0.1, 0.15) is 0 Å². The summed E-state index contributed by atoms with van der Waals surface area (Å²) in [5.74, 6) is 0.254. The van der Waals surface area contributed by atoms with E-state index in [1.807, 2.05) is 23.1 Å². The Balaban J connectivity index is 1.79. The van der Waals surface area contributed by atoms with Gasteiger partial charge in [0.05, 0.1) is 0 Å². The van der Waals surface area contributed by atoms with Gasteiger partial charge in [-0.3, -0.25) is 4.79 Å². The average Bonchev–Trinajstić information content (AvgIpc) is 2.92. The maximum atomic E-state index is 11.9. The van der Waals surface area contributed by atoms with E-state index in [9.17, 15) is 4.79 Å². The monoisotopic (exact) mass is 358 g/mol. The Hall–Kier alpha value is -0.580. The maximum Gasteiger partial charge on any atom is 0.223 e. The van der Waals surface area contributed by atoms with Gasteiger partial charge in [0.2, 0.25) is 5.91 Å². The van der Waals surface area contributed by atoms with Crippen molar-refractivity contribution in [2.45, 2.75) is 32.2 Å². The third-order valence-electron chi connectivity index (χ3n) is 3.68. The van der Waals surface area contributed by atoms with E-state index < -0.39 is 0 Å². The lowest BCUT2D eigenvalue weighted by Gasteiger charge is -2.18. The third kappa shape index (κ3) is 4.21. The molecule has 1 aliphatic heterocycles. The summed E-state index contributed by atoms with van der Waals surface area (Å²) in [5.41, 5.74) is 1.06. The van der Waals surface area contributed by atoms with Gasteiger partial charge in [-0.25, -0.2) is 0 Å². The molecule has 1 atom stereocenters. The summed E-state index contributed by atoms with van der Waals surface area (Å²) in [6.45, 7) is 4.60. The van der Waals surface area contributed by atoms with Crippen LogP contribution in [-0.2, 0) is 4.79 Å². The van der Waals surface area contributed by atoms with Gasteiger partial charge in [-0.15, -0.1) is 0 Å². The molecular weight excluding hydrogens is 340 g/mol. The highest BCUT2D eigenvalue weighted by Gasteiger charge is 2.17. The second kappa shape index (κ2) is 7.43. The lowest BCUT2D eigenvalue weighted by molar-refractivity contribution is -0.130. The molecule has 1 saturated heterocycles. The summed E-state index contributed by atoms with van der Waals surface area (Å²) in [6.07, 6.45) is 2.84. The highest BCUT2D eigenvalue weighted by atomic mass is 79.9. The zero-order valence-electron chi connectivity index (χ0n) is 11.7. The number of amides is 1. The number of rotatable bonds is 5. The molecule has 5 heteroatoms. The van der Waals surface area contributed by atoms with Crippen molar-refractivity contribution in [3.8, 4) is 0 Å². The van der Waals surface area contributed by atoms with Gasteiger partial charge < -0.3 is 10.2 Å². The zero-order valence-corrected chi connectivity index (χ0v) is 14.0. The molecule has 20 heavy (non-hydrogen) atoms. The summed E-state index contributed by atoms with van der Waals surface area (Å²) in [6, 6.07) is 6.02. The maximum absolute atomic E-state index is 11.9. The van der Waals surface area contributed by atoms with Gasteiger partial charge in [0.15, 0.2) is 0 Å². The number of halogens is 2. The number of likely N-dealkylation sites (tertiary alicyclic amines) is 1. The topological polar surface area (TPSA) is 32.3 Å². The van der Waals surface area contributed by atoms with E-state index in [4.69, 9.17) is 11.6 Å². The number of nitrogens with zero attached hydrogens (tertiary/aromatic N) is 1. The molecule has 0 spiro atoms. The number of hydrogen-bond donors (Lipinski definition) is 1. The van der Waals surface area contributed by atoms with Crippen molar-refractivity contribution in [1.82, 2.24) is 10.2 Å². The van der Waals surface area contributed by atoms with Crippen LogP contribution >= 0.6 is 27.5 Å². The number of hydrogen-bond acceptors (Lipinski definition) is 2. The van der Waals surface area contributed by atoms with Crippen molar-refractivity contribution in [2.75, 3.05) is 19.6 Å². The first-order valence-electron chi connectivity index (χ1n) is 7.04. The summed E-state index contributed by atoms with van der Waals surface area (Å²) in [4.78, 5) is 13.9. The molecule has 1 amide bonds. The minimum atomic E-state index is 0.141. The standard InChI is InChI=1S/C15H20BrClN2O/c1-11(13-5-4-12(16)10-14(13)17)18-7-6-15(20)19-8-2-3-9-19/h4-5,10-11,18H,2-3,6-9H2,1H3. The van der Waals surface area contributed by atoms with Crippen LogP contribution in [0.5, 0.6) is 0 Å². The minimum Gasteiger partial charge on any atom is -0.343 e. The van der Waals surface area contributed by atoms with Gasteiger partial charge in [0, 0.05) is 41.6 Å². The summed E-state index contributed by atoms with van der Waals surface area (Å²) >= 11 is 9.62. The van der Waals surface area contributed by atoms with Crippen LogP contribution in [0, 0.1) is 0 Å². The largest absolute Gasteiger partial charge is 0.343 e. The van der Waals surface area contributed by atoms with E-state index in [0.29, 0.717) is 13.0 Å². The molecular formula is C15H20BrClN2O. The number of carbonyl (C=O) groups is 1. The molecule has 0 aliphatic carbocycles. The van der Waals surface area contributed by atoms with Crippen LogP contribution < -0.4 is 5.32 Å². The smallest absolute Gasteiger partial charge is 0.223 e. The molecule has 2 rings (SSSR count). The first-order valence-corrected chi connectivity index (χ1v) is 8.21. The predicted octanol–water partition coefficient (Wildman–Crippen LogP) is 3.77. The van der Waals surface area contributed by atoms with E-state index in [2.05, 4.69) is 28.2 Å². The third-order valence-corrected chi connectivity index (χ3v) is 4.50. The lowest BCUT2D eigenvalue weighted by Crippen LogP contribution is -2.31. The van der Waals surface area contributed by atoms with Crippen LogP contribution in [0.3, 0.4) is 0 Å². The van der Waals surface area contributed by atoms with Gasteiger partial charge in [-0.1, -0.05) is 33.6 Å². The summed E-state index contributed by atoms with van der Waals surface area (Å²) in [5, 5.41) is 4.11. The fourth-order valence-electron chi connectivity index (χ4n) is 2.48. The van der Waals surface area contributed by atoms with Crippen LogP contribution in [0.25, 0.3) is 0 Å². The Morgan fingerprint density at radius 1 is 1.45 bits per heavy atom. The van der Waals surface area contributed by atoms with Crippen LogP contribution in [-0.4, -0.2) is 30.4 Å². The molecule has 0 bridgehead atoms. The Bertz CT molecular complexity index is 475. The number of benzene rings is 1. The molecule has 0 saturated carbocycles. The van der Waals surface area contributed by atoms with E-state index >= 15 is 0 Å². The Labute approximate surface area is 133 Å². The first kappa shape index (κ1) is 15.8. The molecule has 1 aromatic carbocycles. The molecule has 1 N–H and O–H groups in total. The number of carbonyl (C=O) groups excluding carboxylic acids is 1. The second-order valence-electron chi connectivity index (χ2n) is 5.18. The van der Waals surface area contributed by atoms with E-state index in [1.54, 1.807) is 0 Å².